The molecule has 0 spiro atoms. The van der Waals surface area contributed by atoms with Crippen LogP contribution < -0.4 is 5.32 Å². The van der Waals surface area contributed by atoms with E-state index in [0.29, 0.717) is 12.3 Å². The van der Waals surface area contributed by atoms with Crippen LogP contribution in [0, 0.1) is 13.8 Å². The van der Waals surface area contributed by atoms with Gasteiger partial charge in [-0.3, -0.25) is 4.79 Å². The van der Waals surface area contributed by atoms with Crippen molar-refractivity contribution in [1.82, 2.24) is 24.9 Å². The number of hydrogen-bond acceptors (Lipinski definition) is 5. The van der Waals surface area contributed by atoms with Crippen molar-refractivity contribution in [1.29, 1.82) is 0 Å². The number of nitrogens with one attached hydrogen (secondary N) is 1. The fourth-order valence-electron chi connectivity index (χ4n) is 1.92. The summed E-state index contributed by atoms with van der Waals surface area (Å²) in [6.45, 7) is 4.14. The third-order valence-corrected chi connectivity index (χ3v) is 2.85. The summed E-state index contributed by atoms with van der Waals surface area (Å²) >= 11 is 0. The first kappa shape index (κ1) is 12.3. The molecule has 0 aliphatic carbocycles. The molecule has 7 heteroatoms. The molecule has 3 aromatic rings. The zero-order chi connectivity index (χ0) is 14.1. The van der Waals surface area contributed by atoms with Gasteiger partial charge in [-0.15, -0.1) is 5.10 Å². The Morgan fingerprint density at radius 1 is 1.40 bits per heavy atom. The Morgan fingerprint density at radius 3 is 3.00 bits per heavy atom. The van der Waals surface area contributed by atoms with E-state index in [2.05, 4.69) is 20.4 Å². The largest absolute Gasteiger partial charge is 0.472 e. The molecule has 20 heavy (non-hydrogen) atoms. The summed E-state index contributed by atoms with van der Waals surface area (Å²) in [6.07, 6.45) is 3.13. The van der Waals surface area contributed by atoms with Crippen LogP contribution in [0.1, 0.15) is 27.6 Å². The van der Waals surface area contributed by atoms with Gasteiger partial charge in [-0.25, -0.2) is 9.50 Å². The van der Waals surface area contributed by atoms with Crippen LogP contribution in [0.3, 0.4) is 0 Å². The monoisotopic (exact) mass is 271 g/mol. The minimum atomic E-state index is -0.339. The first-order valence-electron chi connectivity index (χ1n) is 6.14. The van der Waals surface area contributed by atoms with Gasteiger partial charge in [0.15, 0.2) is 0 Å². The predicted octanol–water partition coefficient (Wildman–Crippen LogP) is 1.26. The second-order valence-electron chi connectivity index (χ2n) is 4.50. The lowest BCUT2D eigenvalue weighted by Gasteiger charge is -1.98. The molecule has 0 aliphatic rings. The van der Waals surface area contributed by atoms with Crippen molar-refractivity contribution in [3.05, 3.63) is 47.4 Å². The van der Waals surface area contributed by atoms with Crippen LogP contribution in [0.4, 0.5) is 0 Å². The Hall–Kier alpha value is -2.70. The molecular formula is C13H13N5O2. The van der Waals surface area contributed by atoms with Gasteiger partial charge in [0.05, 0.1) is 12.5 Å². The zero-order valence-corrected chi connectivity index (χ0v) is 11.1. The van der Waals surface area contributed by atoms with Gasteiger partial charge in [0.2, 0.25) is 5.82 Å². The quantitative estimate of drug-likeness (QED) is 0.775. The lowest BCUT2D eigenvalue weighted by molar-refractivity contribution is 0.0940. The van der Waals surface area contributed by atoms with Crippen molar-refractivity contribution < 1.29 is 9.21 Å². The molecule has 1 amide bonds. The highest BCUT2D eigenvalue weighted by molar-refractivity contribution is 5.90. The number of carbonyl (C=O) groups is 1. The molecule has 0 saturated carbocycles. The van der Waals surface area contributed by atoms with Crippen LogP contribution in [-0.2, 0) is 6.54 Å². The fraction of sp³-hybridized carbons (Fsp3) is 0.231. The topological polar surface area (TPSA) is 85.3 Å². The molecule has 0 aromatic carbocycles. The molecular weight excluding hydrogens is 258 g/mol. The average Bonchev–Trinajstić information content (AvgIpc) is 3.04. The van der Waals surface area contributed by atoms with Gasteiger partial charge in [-0.05, 0) is 26.0 Å². The lowest BCUT2D eigenvalue weighted by atomic mass is 10.3. The second kappa shape index (κ2) is 4.76. The van der Waals surface area contributed by atoms with Gasteiger partial charge in [0, 0.05) is 23.5 Å². The highest BCUT2D eigenvalue weighted by Gasteiger charge is 2.14. The van der Waals surface area contributed by atoms with Crippen LogP contribution in [0.5, 0.6) is 0 Å². The fourth-order valence-corrected chi connectivity index (χ4v) is 1.92. The Kier molecular flexibility index (Phi) is 2.94. The van der Waals surface area contributed by atoms with Crippen molar-refractivity contribution in [3.8, 4) is 0 Å². The summed E-state index contributed by atoms with van der Waals surface area (Å²) < 4.78 is 6.49. The van der Waals surface area contributed by atoms with Crippen LogP contribution >= 0.6 is 0 Å². The molecule has 0 aliphatic heterocycles. The van der Waals surface area contributed by atoms with E-state index in [9.17, 15) is 4.79 Å². The Bertz CT molecular complexity index is 761. The maximum Gasteiger partial charge on any atom is 0.291 e. The molecule has 3 rings (SSSR count). The van der Waals surface area contributed by atoms with Crippen molar-refractivity contribution in [2.75, 3.05) is 0 Å². The van der Waals surface area contributed by atoms with Crippen LogP contribution in [-0.4, -0.2) is 25.5 Å². The first-order chi connectivity index (χ1) is 9.63. The molecule has 1 N–H and O–H groups in total. The van der Waals surface area contributed by atoms with Crippen LogP contribution in [0.2, 0.25) is 0 Å². The zero-order valence-electron chi connectivity index (χ0n) is 11.1. The van der Waals surface area contributed by atoms with Crippen LogP contribution in [0.25, 0.3) is 5.78 Å². The van der Waals surface area contributed by atoms with E-state index in [-0.39, 0.29) is 11.7 Å². The summed E-state index contributed by atoms with van der Waals surface area (Å²) in [5.74, 6) is 0.194. The van der Waals surface area contributed by atoms with Gasteiger partial charge >= 0.3 is 0 Å². The molecule has 3 heterocycles. The maximum absolute atomic E-state index is 12.0. The van der Waals surface area contributed by atoms with Crippen molar-refractivity contribution in [2.24, 2.45) is 0 Å². The molecule has 0 saturated heterocycles. The minimum absolute atomic E-state index is 0.106. The lowest BCUT2D eigenvalue weighted by Crippen LogP contribution is -2.23. The number of hydrogen-bond donors (Lipinski definition) is 1. The Labute approximate surface area is 114 Å². The Balaban J connectivity index is 1.83. The standard InChI is InChI=1S/C13H13N5O2/c1-8-5-9(2)18-13(15-8)16-11(17-18)12(19)14-6-10-3-4-20-7-10/h3-5,7H,6H2,1-2H3,(H,14,19). The molecule has 0 fully saturated rings. The predicted molar refractivity (Wildman–Crippen MR) is 70.1 cm³/mol. The average molecular weight is 271 g/mol. The number of nitrogens with zero attached hydrogens (tertiary/aromatic N) is 4. The molecule has 7 nitrogen and oxygen atoms in total. The second-order valence-corrected chi connectivity index (χ2v) is 4.50. The highest BCUT2D eigenvalue weighted by Crippen LogP contribution is 2.05. The van der Waals surface area contributed by atoms with E-state index in [1.54, 1.807) is 23.1 Å². The van der Waals surface area contributed by atoms with E-state index in [1.165, 1.54) is 0 Å². The number of rotatable bonds is 3. The van der Waals surface area contributed by atoms with Gasteiger partial charge < -0.3 is 9.73 Å². The summed E-state index contributed by atoms with van der Waals surface area (Å²) in [4.78, 5) is 20.4. The summed E-state index contributed by atoms with van der Waals surface area (Å²) in [5, 5.41) is 6.89. The summed E-state index contributed by atoms with van der Waals surface area (Å²) in [6, 6.07) is 3.67. The van der Waals surface area contributed by atoms with E-state index in [0.717, 1.165) is 17.0 Å². The van der Waals surface area contributed by atoms with E-state index in [4.69, 9.17) is 4.42 Å². The van der Waals surface area contributed by atoms with Crippen molar-refractivity contribution >= 4 is 11.7 Å². The van der Waals surface area contributed by atoms with Gasteiger partial charge in [0.1, 0.15) is 0 Å². The normalized spacial score (nSPS) is 10.9. The Morgan fingerprint density at radius 2 is 2.25 bits per heavy atom. The third kappa shape index (κ3) is 2.25. The SMILES string of the molecule is Cc1cc(C)n2nc(C(=O)NCc3ccoc3)nc2n1. The molecule has 0 bridgehead atoms. The number of fused-ring (bicyclic) bond motifs is 1. The molecule has 102 valence electrons. The number of carbonyl (C=O) groups excluding carboxylic acids is 1. The number of aromatic nitrogens is 4. The summed E-state index contributed by atoms with van der Waals surface area (Å²) in [7, 11) is 0. The number of furan rings is 1. The molecule has 0 atom stereocenters. The van der Waals surface area contributed by atoms with E-state index >= 15 is 0 Å². The van der Waals surface area contributed by atoms with E-state index < -0.39 is 0 Å². The first-order valence-corrected chi connectivity index (χ1v) is 6.14. The van der Waals surface area contributed by atoms with Gasteiger partial charge in [0.25, 0.3) is 11.7 Å². The maximum atomic E-state index is 12.0. The molecule has 3 aromatic heterocycles. The minimum Gasteiger partial charge on any atom is -0.472 e. The van der Waals surface area contributed by atoms with Crippen LogP contribution in [0.15, 0.2) is 29.1 Å². The van der Waals surface area contributed by atoms with Gasteiger partial charge in [-0.2, -0.15) is 4.98 Å². The smallest absolute Gasteiger partial charge is 0.291 e. The van der Waals surface area contributed by atoms with Gasteiger partial charge in [-0.1, -0.05) is 0 Å². The number of amides is 1. The molecule has 0 radical (unpaired) electrons. The van der Waals surface area contributed by atoms with E-state index in [1.807, 2.05) is 19.9 Å². The summed E-state index contributed by atoms with van der Waals surface area (Å²) in [5.41, 5.74) is 2.61. The van der Waals surface area contributed by atoms with Crippen molar-refractivity contribution in [3.63, 3.8) is 0 Å². The number of aryl methyl sites for hydroxylation is 2. The highest BCUT2D eigenvalue weighted by atomic mass is 16.3. The third-order valence-electron chi connectivity index (χ3n) is 2.85. The van der Waals surface area contributed by atoms with Crippen molar-refractivity contribution in [2.45, 2.75) is 20.4 Å². The molecule has 0 unspecified atom stereocenters.